The highest BCUT2D eigenvalue weighted by Gasteiger charge is 2.34. The Balaban J connectivity index is 1.72. The monoisotopic (exact) mass is 505 g/mol. The van der Waals surface area contributed by atoms with Gasteiger partial charge in [0.05, 0.1) is 23.6 Å². The molecule has 0 radical (unpaired) electrons. The fourth-order valence-electron chi connectivity index (χ4n) is 4.70. The average molecular weight is 506 g/mol. The van der Waals surface area contributed by atoms with Crippen molar-refractivity contribution in [3.8, 4) is 5.69 Å². The Labute approximate surface area is 218 Å². The van der Waals surface area contributed by atoms with Crippen molar-refractivity contribution in [3.63, 3.8) is 0 Å². The minimum atomic E-state index is -0.686. The predicted molar refractivity (Wildman–Crippen MR) is 143 cm³/mol. The number of carbonyl (C=O) groups is 1. The molecule has 0 saturated carbocycles. The Morgan fingerprint density at radius 1 is 1.16 bits per heavy atom. The normalized spacial score (nSPS) is 19.4. The Morgan fingerprint density at radius 3 is 2.51 bits per heavy atom. The van der Waals surface area contributed by atoms with E-state index in [4.69, 9.17) is 14.6 Å². The molecule has 7 heteroatoms. The first-order valence-corrected chi connectivity index (χ1v) is 12.9. The van der Waals surface area contributed by atoms with Crippen LogP contribution in [0.15, 0.2) is 60.7 Å². The number of ether oxygens (including phenoxy) is 2. The van der Waals surface area contributed by atoms with Gasteiger partial charge >= 0.3 is 0 Å². The van der Waals surface area contributed by atoms with Crippen LogP contribution in [0.25, 0.3) is 11.8 Å². The molecule has 1 aliphatic rings. The zero-order valence-electron chi connectivity index (χ0n) is 22.2. The van der Waals surface area contributed by atoms with Gasteiger partial charge in [-0.05, 0) is 62.1 Å². The molecule has 37 heavy (non-hydrogen) atoms. The van der Waals surface area contributed by atoms with E-state index in [1.807, 2.05) is 70.2 Å². The molecule has 1 amide bonds. The average Bonchev–Trinajstić information content (AvgIpc) is 3.26. The van der Waals surface area contributed by atoms with Gasteiger partial charge < -0.3 is 14.8 Å². The van der Waals surface area contributed by atoms with E-state index in [0.717, 1.165) is 29.7 Å². The second kappa shape index (κ2) is 11.4. The number of halogens is 1. The molecular formula is C30H36FN3O3. The van der Waals surface area contributed by atoms with Gasteiger partial charge in [0.15, 0.2) is 11.5 Å². The summed E-state index contributed by atoms with van der Waals surface area (Å²) in [4.78, 5) is 13.4. The van der Waals surface area contributed by atoms with Crippen LogP contribution in [0.4, 0.5) is 4.39 Å². The van der Waals surface area contributed by atoms with Gasteiger partial charge in [-0.15, -0.1) is 0 Å². The van der Waals surface area contributed by atoms with Crippen LogP contribution in [0.1, 0.15) is 80.7 Å². The summed E-state index contributed by atoms with van der Waals surface area (Å²) in [5.41, 5.74) is 3.63. The summed E-state index contributed by atoms with van der Waals surface area (Å²) < 4.78 is 27.6. The largest absolute Gasteiger partial charge is 0.347 e. The highest BCUT2D eigenvalue weighted by Crippen LogP contribution is 2.31. The molecule has 3 aromatic rings. The molecule has 1 N–H and O–H groups in total. The van der Waals surface area contributed by atoms with E-state index >= 15 is 0 Å². The lowest BCUT2D eigenvalue weighted by atomic mass is 9.98. The Morgan fingerprint density at radius 2 is 1.86 bits per heavy atom. The number of hydrogen-bond donors (Lipinski definition) is 1. The van der Waals surface area contributed by atoms with Crippen molar-refractivity contribution in [1.29, 1.82) is 0 Å². The van der Waals surface area contributed by atoms with Gasteiger partial charge in [0.25, 0.3) is 5.91 Å². The third-order valence-electron chi connectivity index (χ3n) is 6.42. The van der Waals surface area contributed by atoms with Crippen LogP contribution in [-0.2, 0) is 16.0 Å². The van der Waals surface area contributed by atoms with Crippen LogP contribution in [-0.4, -0.2) is 33.7 Å². The van der Waals surface area contributed by atoms with Crippen molar-refractivity contribution < 1.29 is 18.7 Å². The van der Waals surface area contributed by atoms with Crippen molar-refractivity contribution in [3.05, 3.63) is 89.0 Å². The summed E-state index contributed by atoms with van der Waals surface area (Å²) in [6, 6.07) is 15.9. The topological polar surface area (TPSA) is 65.4 Å². The third kappa shape index (κ3) is 6.53. The number of amides is 1. The van der Waals surface area contributed by atoms with E-state index in [1.54, 1.807) is 16.8 Å². The van der Waals surface area contributed by atoms with Crippen LogP contribution >= 0.6 is 0 Å². The molecule has 196 valence electrons. The Hall–Kier alpha value is -3.29. The molecule has 0 aliphatic carbocycles. The first-order chi connectivity index (χ1) is 17.7. The van der Waals surface area contributed by atoms with Crippen LogP contribution in [0.3, 0.4) is 0 Å². The molecule has 0 spiro atoms. The summed E-state index contributed by atoms with van der Waals surface area (Å²) in [5, 5.41) is 7.73. The molecule has 4 rings (SSSR count). The first kappa shape index (κ1) is 26.8. The lowest BCUT2D eigenvalue weighted by molar-refractivity contribution is -0.290. The quantitative estimate of drug-likeness (QED) is 0.385. The number of rotatable bonds is 8. The van der Waals surface area contributed by atoms with Gasteiger partial charge in [-0.25, -0.2) is 9.07 Å². The Kier molecular flexibility index (Phi) is 8.25. The highest BCUT2D eigenvalue weighted by atomic mass is 19.1. The van der Waals surface area contributed by atoms with Crippen molar-refractivity contribution in [2.75, 3.05) is 0 Å². The second-order valence-electron chi connectivity index (χ2n) is 10.2. The van der Waals surface area contributed by atoms with Crippen LogP contribution in [0, 0.1) is 5.82 Å². The molecule has 1 aromatic heterocycles. The minimum Gasteiger partial charge on any atom is -0.347 e. The molecule has 1 aliphatic heterocycles. The fraction of sp³-hybridized carbons (Fsp3) is 0.400. The fourth-order valence-corrected chi connectivity index (χ4v) is 4.70. The van der Waals surface area contributed by atoms with Crippen molar-refractivity contribution in [2.45, 2.75) is 77.9 Å². The lowest BCUT2D eigenvalue weighted by Gasteiger charge is -2.39. The zero-order valence-corrected chi connectivity index (χ0v) is 22.2. The van der Waals surface area contributed by atoms with Gasteiger partial charge in [-0.1, -0.05) is 57.2 Å². The molecule has 2 atom stereocenters. The standard InChI is InChI=1S/C30H36FN3O3/c1-6-24-18-25(37-30(4,5)36-24)16-17-26-27(20(2)3)28(29(35)32-19-21-10-8-7-9-11-21)33-34(26)23-14-12-22(31)13-15-23/h7-17,20,24-25H,6,18-19H2,1-5H3,(H,32,35)/b17-16+/t24-,25+/m0/s1. The molecule has 6 nitrogen and oxygen atoms in total. The summed E-state index contributed by atoms with van der Waals surface area (Å²) in [6.07, 6.45) is 5.57. The van der Waals surface area contributed by atoms with Crippen molar-refractivity contribution in [1.82, 2.24) is 15.1 Å². The van der Waals surface area contributed by atoms with E-state index in [1.165, 1.54) is 12.1 Å². The Bertz CT molecular complexity index is 1230. The molecule has 0 bridgehead atoms. The summed E-state index contributed by atoms with van der Waals surface area (Å²) in [7, 11) is 0. The van der Waals surface area contributed by atoms with Gasteiger partial charge in [-0.3, -0.25) is 4.79 Å². The van der Waals surface area contributed by atoms with E-state index in [2.05, 4.69) is 12.2 Å². The maximum Gasteiger partial charge on any atom is 0.272 e. The number of nitrogens with zero attached hydrogens (tertiary/aromatic N) is 2. The van der Waals surface area contributed by atoms with Crippen molar-refractivity contribution in [2.24, 2.45) is 0 Å². The molecular weight excluding hydrogens is 469 g/mol. The molecule has 0 unspecified atom stereocenters. The van der Waals surface area contributed by atoms with Crippen LogP contribution in [0.2, 0.25) is 0 Å². The number of benzene rings is 2. The predicted octanol–water partition coefficient (Wildman–Crippen LogP) is 6.40. The van der Waals surface area contributed by atoms with Gasteiger partial charge in [0, 0.05) is 18.5 Å². The van der Waals surface area contributed by atoms with E-state index in [-0.39, 0.29) is 29.9 Å². The summed E-state index contributed by atoms with van der Waals surface area (Å²) >= 11 is 0. The first-order valence-electron chi connectivity index (χ1n) is 12.9. The van der Waals surface area contributed by atoms with E-state index < -0.39 is 5.79 Å². The summed E-state index contributed by atoms with van der Waals surface area (Å²) in [5.74, 6) is -1.25. The number of aromatic nitrogens is 2. The van der Waals surface area contributed by atoms with Gasteiger partial charge in [-0.2, -0.15) is 5.10 Å². The smallest absolute Gasteiger partial charge is 0.272 e. The van der Waals surface area contributed by atoms with Gasteiger partial charge in [0.1, 0.15) is 5.82 Å². The lowest BCUT2D eigenvalue weighted by Crippen LogP contribution is -2.43. The van der Waals surface area contributed by atoms with Crippen LogP contribution < -0.4 is 5.32 Å². The highest BCUT2D eigenvalue weighted by molar-refractivity contribution is 5.95. The van der Waals surface area contributed by atoms with E-state index in [0.29, 0.717) is 17.9 Å². The number of nitrogens with one attached hydrogen (secondary N) is 1. The number of carbonyl (C=O) groups excluding carboxylic acids is 1. The molecule has 1 fully saturated rings. The van der Waals surface area contributed by atoms with Gasteiger partial charge in [0.2, 0.25) is 0 Å². The molecule has 1 saturated heterocycles. The molecule has 2 heterocycles. The minimum absolute atomic E-state index is 0.0155. The number of hydrogen-bond acceptors (Lipinski definition) is 4. The third-order valence-corrected chi connectivity index (χ3v) is 6.42. The maximum absolute atomic E-state index is 13.7. The molecule has 2 aromatic carbocycles. The van der Waals surface area contributed by atoms with E-state index in [9.17, 15) is 9.18 Å². The SMILES string of the molecule is CC[C@H]1C[C@@H](/C=C/c2c(C(C)C)c(C(=O)NCc3ccccc3)nn2-c2ccc(F)cc2)OC(C)(C)O1. The van der Waals surface area contributed by atoms with Crippen LogP contribution in [0.5, 0.6) is 0 Å². The zero-order chi connectivity index (χ0) is 26.6. The maximum atomic E-state index is 13.7. The van der Waals surface area contributed by atoms with Crippen molar-refractivity contribution >= 4 is 12.0 Å². The summed E-state index contributed by atoms with van der Waals surface area (Å²) in [6.45, 7) is 10.4. The second-order valence-corrected chi connectivity index (χ2v) is 10.2.